The molecule has 1 aliphatic heterocycles. The largest absolute Gasteiger partial charge is 0.342 e. The predicted molar refractivity (Wildman–Crippen MR) is 102 cm³/mol. The third-order valence-corrected chi connectivity index (χ3v) is 4.84. The molecule has 1 aromatic carbocycles. The summed E-state index contributed by atoms with van der Waals surface area (Å²) in [6.07, 6.45) is 3.59. The SMILES string of the molecule is CCCCN(C(=O)C1CCN(C(=O)C(C)(C)C)CC1)c1ccccc1. The van der Waals surface area contributed by atoms with Crippen LogP contribution in [0.4, 0.5) is 5.69 Å². The predicted octanol–water partition coefficient (Wildman–Crippen LogP) is 4.10. The molecule has 138 valence electrons. The highest BCUT2D eigenvalue weighted by molar-refractivity contribution is 5.95. The van der Waals surface area contributed by atoms with E-state index in [1.165, 1.54) is 0 Å². The Morgan fingerprint density at radius 1 is 1.12 bits per heavy atom. The first-order valence-corrected chi connectivity index (χ1v) is 9.50. The molecule has 25 heavy (non-hydrogen) atoms. The maximum Gasteiger partial charge on any atom is 0.230 e. The van der Waals surface area contributed by atoms with E-state index in [1.54, 1.807) is 0 Å². The summed E-state index contributed by atoms with van der Waals surface area (Å²) in [4.78, 5) is 29.4. The number of likely N-dealkylation sites (tertiary alicyclic amines) is 1. The molecule has 0 radical (unpaired) electrons. The molecular formula is C21H32N2O2. The molecular weight excluding hydrogens is 312 g/mol. The highest BCUT2D eigenvalue weighted by Crippen LogP contribution is 2.26. The molecule has 0 saturated carbocycles. The monoisotopic (exact) mass is 344 g/mol. The lowest BCUT2D eigenvalue weighted by Crippen LogP contribution is -2.47. The molecule has 0 N–H and O–H groups in total. The highest BCUT2D eigenvalue weighted by atomic mass is 16.2. The van der Waals surface area contributed by atoms with E-state index in [2.05, 4.69) is 6.92 Å². The second kappa shape index (κ2) is 8.50. The number of para-hydroxylation sites is 1. The van der Waals surface area contributed by atoms with E-state index >= 15 is 0 Å². The van der Waals surface area contributed by atoms with E-state index < -0.39 is 0 Å². The van der Waals surface area contributed by atoms with Gasteiger partial charge in [0.05, 0.1) is 0 Å². The molecule has 1 heterocycles. The lowest BCUT2D eigenvalue weighted by atomic mass is 9.90. The fraction of sp³-hybridized carbons (Fsp3) is 0.619. The van der Waals surface area contributed by atoms with Crippen molar-refractivity contribution in [1.29, 1.82) is 0 Å². The van der Waals surface area contributed by atoms with Crippen LogP contribution in [-0.2, 0) is 9.59 Å². The average molecular weight is 344 g/mol. The third-order valence-electron chi connectivity index (χ3n) is 4.84. The lowest BCUT2D eigenvalue weighted by Gasteiger charge is -2.37. The quantitative estimate of drug-likeness (QED) is 0.807. The van der Waals surface area contributed by atoms with Gasteiger partial charge in [0.15, 0.2) is 0 Å². The number of piperidine rings is 1. The summed E-state index contributed by atoms with van der Waals surface area (Å²) in [6.45, 7) is 10.1. The fourth-order valence-corrected chi connectivity index (χ4v) is 3.31. The number of anilines is 1. The second-order valence-electron chi connectivity index (χ2n) is 8.00. The number of amides is 2. The van der Waals surface area contributed by atoms with Crippen molar-refractivity contribution in [2.45, 2.75) is 53.4 Å². The fourth-order valence-electron chi connectivity index (χ4n) is 3.31. The molecule has 2 amide bonds. The van der Waals surface area contributed by atoms with Crippen LogP contribution in [0.3, 0.4) is 0 Å². The van der Waals surface area contributed by atoms with Gasteiger partial charge >= 0.3 is 0 Å². The summed E-state index contributed by atoms with van der Waals surface area (Å²) in [5.74, 6) is 0.410. The zero-order chi connectivity index (χ0) is 18.4. The average Bonchev–Trinajstić information content (AvgIpc) is 2.61. The maximum absolute atomic E-state index is 13.1. The smallest absolute Gasteiger partial charge is 0.230 e. The molecule has 2 rings (SSSR count). The first-order valence-electron chi connectivity index (χ1n) is 9.50. The number of rotatable bonds is 5. The van der Waals surface area contributed by atoms with Gasteiger partial charge in [0, 0.05) is 36.7 Å². The molecule has 0 bridgehead atoms. The minimum atomic E-state index is -0.353. The van der Waals surface area contributed by atoms with Crippen molar-refractivity contribution in [3.8, 4) is 0 Å². The van der Waals surface area contributed by atoms with Crippen LogP contribution in [0.5, 0.6) is 0 Å². The van der Waals surface area contributed by atoms with Crippen molar-refractivity contribution in [3.63, 3.8) is 0 Å². The molecule has 1 aromatic rings. The van der Waals surface area contributed by atoms with Gasteiger partial charge in [0.2, 0.25) is 11.8 Å². The second-order valence-corrected chi connectivity index (χ2v) is 8.00. The number of hydrogen-bond donors (Lipinski definition) is 0. The Morgan fingerprint density at radius 2 is 1.72 bits per heavy atom. The Bertz CT molecular complexity index is 569. The number of carbonyl (C=O) groups is 2. The topological polar surface area (TPSA) is 40.6 Å². The van der Waals surface area contributed by atoms with Gasteiger partial charge in [-0.25, -0.2) is 0 Å². The molecule has 4 heteroatoms. The third kappa shape index (κ3) is 5.07. The Morgan fingerprint density at radius 3 is 2.24 bits per heavy atom. The van der Waals surface area contributed by atoms with E-state index in [0.29, 0.717) is 13.1 Å². The zero-order valence-corrected chi connectivity index (χ0v) is 16.1. The Balaban J connectivity index is 2.02. The number of hydrogen-bond acceptors (Lipinski definition) is 2. The van der Waals surface area contributed by atoms with Crippen LogP contribution in [-0.4, -0.2) is 36.3 Å². The Labute approximate surface area is 152 Å². The zero-order valence-electron chi connectivity index (χ0n) is 16.1. The van der Waals surface area contributed by atoms with Crippen LogP contribution in [0.15, 0.2) is 30.3 Å². The highest BCUT2D eigenvalue weighted by Gasteiger charge is 2.34. The standard InChI is InChI=1S/C21H32N2O2/c1-5-6-14-23(18-10-8-7-9-11-18)19(24)17-12-15-22(16-13-17)20(25)21(2,3)4/h7-11,17H,5-6,12-16H2,1-4H3. The van der Waals surface area contributed by atoms with Crippen molar-refractivity contribution in [2.24, 2.45) is 11.3 Å². The molecule has 1 fully saturated rings. The van der Waals surface area contributed by atoms with Gasteiger partial charge in [-0.15, -0.1) is 0 Å². The van der Waals surface area contributed by atoms with Gasteiger partial charge in [0.1, 0.15) is 0 Å². The molecule has 1 saturated heterocycles. The van der Waals surface area contributed by atoms with Gasteiger partial charge in [0.25, 0.3) is 0 Å². The van der Waals surface area contributed by atoms with Crippen molar-refractivity contribution < 1.29 is 9.59 Å². The summed E-state index contributed by atoms with van der Waals surface area (Å²) in [5, 5.41) is 0. The van der Waals surface area contributed by atoms with Crippen molar-refractivity contribution in [1.82, 2.24) is 4.90 Å². The summed E-state index contributed by atoms with van der Waals surface area (Å²) < 4.78 is 0. The number of nitrogens with zero attached hydrogens (tertiary/aromatic N) is 2. The van der Waals surface area contributed by atoms with Gasteiger partial charge in [-0.05, 0) is 31.4 Å². The van der Waals surface area contributed by atoms with Gasteiger partial charge in [-0.2, -0.15) is 0 Å². The Kier molecular flexibility index (Phi) is 6.63. The first kappa shape index (κ1) is 19.5. The summed E-state index contributed by atoms with van der Waals surface area (Å²) in [7, 11) is 0. The van der Waals surface area contributed by atoms with Crippen LogP contribution < -0.4 is 4.90 Å². The van der Waals surface area contributed by atoms with Gasteiger partial charge in [-0.1, -0.05) is 52.3 Å². The molecule has 1 aliphatic rings. The maximum atomic E-state index is 13.1. The summed E-state index contributed by atoms with van der Waals surface area (Å²) >= 11 is 0. The lowest BCUT2D eigenvalue weighted by molar-refractivity contribution is -0.142. The van der Waals surface area contributed by atoms with Crippen molar-refractivity contribution in [2.75, 3.05) is 24.5 Å². The van der Waals surface area contributed by atoms with Crippen molar-refractivity contribution in [3.05, 3.63) is 30.3 Å². The number of unbranched alkanes of at least 4 members (excludes halogenated alkanes) is 1. The summed E-state index contributed by atoms with van der Waals surface area (Å²) in [5.41, 5.74) is 0.628. The van der Waals surface area contributed by atoms with E-state index in [9.17, 15) is 9.59 Å². The van der Waals surface area contributed by atoms with Crippen LogP contribution in [0.1, 0.15) is 53.4 Å². The van der Waals surface area contributed by atoms with Crippen molar-refractivity contribution >= 4 is 17.5 Å². The minimum absolute atomic E-state index is 0.0149. The van der Waals surface area contributed by atoms with Gasteiger partial charge < -0.3 is 9.80 Å². The van der Waals surface area contributed by atoms with E-state index in [-0.39, 0.29) is 23.1 Å². The summed E-state index contributed by atoms with van der Waals surface area (Å²) in [6, 6.07) is 9.94. The van der Waals surface area contributed by atoms with E-state index in [4.69, 9.17) is 0 Å². The van der Waals surface area contributed by atoms with Crippen LogP contribution in [0.25, 0.3) is 0 Å². The molecule has 0 spiro atoms. The number of carbonyl (C=O) groups excluding carboxylic acids is 2. The first-order chi connectivity index (χ1) is 11.8. The molecule has 0 aliphatic carbocycles. The number of benzene rings is 1. The molecule has 4 nitrogen and oxygen atoms in total. The molecule has 0 atom stereocenters. The minimum Gasteiger partial charge on any atom is -0.342 e. The molecule has 0 unspecified atom stereocenters. The van der Waals surface area contributed by atoms with E-state index in [0.717, 1.165) is 37.9 Å². The van der Waals surface area contributed by atoms with Crippen LogP contribution in [0.2, 0.25) is 0 Å². The van der Waals surface area contributed by atoms with Crippen LogP contribution >= 0.6 is 0 Å². The van der Waals surface area contributed by atoms with Gasteiger partial charge in [-0.3, -0.25) is 9.59 Å². The normalized spacial score (nSPS) is 15.9. The van der Waals surface area contributed by atoms with Crippen LogP contribution in [0, 0.1) is 11.3 Å². The van der Waals surface area contributed by atoms with E-state index in [1.807, 2.05) is 60.9 Å². The molecule has 0 aromatic heterocycles. The Hall–Kier alpha value is -1.84.